The van der Waals surface area contributed by atoms with Gasteiger partial charge in [-0.25, -0.2) is 8.42 Å². The lowest BCUT2D eigenvalue weighted by Gasteiger charge is -2.35. The number of sulfonamides is 1. The monoisotopic (exact) mass is 613 g/mol. The van der Waals surface area contributed by atoms with Crippen molar-refractivity contribution in [2.45, 2.75) is 23.8 Å². The summed E-state index contributed by atoms with van der Waals surface area (Å²) in [5, 5.41) is 2.91. The lowest BCUT2D eigenvalue weighted by Crippen LogP contribution is -2.53. The number of hydrogen-bond donors (Lipinski definition) is 1. The van der Waals surface area contributed by atoms with Crippen LogP contribution in [-0.2, 0) is 32.5 Å². The third kappa shape index (κ3) is 7.45. The number of carbonyl (C=O) groups excluding carboxylic acids is 2. The Bertz CT molecular complexity index is 1660. The van der Waals surface area contributed by atoms with Gasteiger partial charge in [0.15, 0.2) is 6.10 Å². The van der Waals surface area contributed by atoms with Crippen LogP contribution in [0.2, 0.25) is 0 Å². The highest BCUT2D eigenvalue weighted by molar-refractivity contribution is 7.89. The molecular weight excluding hydrogens is 578 g/mol. The van der Waals surface area contributed by atoms with Gasteiger partial charge in [-0.3, -0.25) is 9.59 Å². The normalized spacial score (nSPS) is 14.4. The van der Waals surface area contributed by atoms with Crippen LogP contribution >= 0.6 is 0 Å². The van der Waals surface area contributed by atoms with Gasteiger partial charge in [0.25, 0.3) is 5.91 Å². The van der Waals surface area contributed by atoms with Crippen molar-refractivity contribution in [3.05, 3.63) is 120 Å². The molecule has 0 aromatic heterocycles. The number of anilines is 1. The number of carbonyl (C=O) groups is 2. The molecule has 1 aliphatic heterocycles. The molecule has 0 saturated heterocycles. The summed E-state index contributed by atoms with van der Waals surface area (Å²) in [5.74, 6) is 0.0889. The van der Waals surface area contributed by atoms with Crippen molar-refractivity contribution in [3.63, 3.8) is 0 Å². The second-order valence-corrected chi connectivity index (χ2v) is 12.3. The van der Waals surface area contributed by atoms with E-state index in [0.29, 0.717) is 36.6 Å². The molecule has 1 aliphatic rings. The van der Waals surface area contributed by atoms with Crippen molar-refractivity contribution >= 4 is 27.5 Å². The van der Waals surface area contributed by atoms with Crippen molar-refractivity contribution in [2.24, 2.45) is 0 Å². The van der Waals surface area contributed by atoms with E-state index in [4.69, 9.17) is 9.47 Å². The summed E-state index contributed by atoms with van der Waals surface area (Å²) >= 11 is 0. The molecule has 1 heterocycles. The van der Waals surface area contributed by atoms with E-state index in [1.54, 1.807) is 36.4 Å². The summed E-state index contributed by atoms with van der Waals surface area (Å²) in [6, 6.07) is 32.3. The van der Waals surface area contributed by atoms with Gasteiger partial charge in [-0.1, -0.05) is 72.8 Å². The van der Waals surface area contributed by atoms with Crippen LogP contribution in [0.15, 0.2) is 114 Å². The van der Waals surface area contributed by atoms with Gasteiger partial charge < -0.3 is 19.7 Å². The minimum atomic E-state index is -4.06. The van der Waals surface area contributed by atoms with Crippen LogP contribution in [0.3, 0.4) is 0 Å². The number of amides is 2. The van der Waals surface area contributed by atoms with Gasteiger partial charge in [-0.05, 0) is 60.4 Å². The quantitative estimate of drug-likeness (QED) is 0.258. The minimum Gasteiger partial charge on any atom is -0.497 e. The molecule has 9 nitrogen and oxygen atoms in total. The molecular formula is C34H35N3O6S. The summed E-state index contributed by atoms with van der Waals surface area (Å²) in [7, 11) is -2.55. The van der Waals surface area contributed by atoms with Gasteiger partial charge in [0.05, 0.1) is 30.8 Å². The first-order valence-corrected chi connectivity index (χ1v) is 15.8. The van der Waals surface area contributed by atoms with Crippen LogP contribution in [0.4, 0.5) is 5.69 Å². The van der Waals surface area contributed by atoms with E-state index in [1.165, 1.54) is 28.4 Å². The number of nitrogens with zero attached hydrogens (tertiary/aromatic N) is 2. The fraction of sp³-hybridized carbons (Fsp3) is 0.235. The molecule has 0 fully saturated rings. The molecule has 1 N–H and O–H groups in total. The Morgan fingerprint density at radius 1 is 0.864 bits per heavy atom. The maximum absolute atomic E-state index is 13.9. The summed E-state index contributed by atoms with van der Waals surface area (Å²) in [5.41, 5.74) is 2.52. The predicted octanol–water partition coefficient (Wildman–Crippen LogP) is 4.08. The first kappa shape index (κ1) is 30.8. The number of fused-ring (bicyclic) bond motifs is 1. The average molecular weight is 614 g/mol. The average Bonchev–Trinajstić information content (AvgIpc) is 3.06. The molecule has 0 saturated carbocycles. The second kappa shape index (κ2) is 14.2. The molecule has 0 radical (unpaired) electrons. The lowest BCUT2D eigenvalue weighted by molar-refractivity contribution is -0.128. The van der Waals surface area contributed by atoms with Gasteiger partial charge in [0.1, 0.15) is 11.5 Å². The molecule has 4 aromatic rings. The second-order valence-electron chi connectivity index (χ2n) is 10.4. The Kier molecular flexibility index (Phi) is 9.93. The first-order valence-electron chi connectivity index (χ1n) is 14.4. The molecule has 5 rings (SSSR count). The fourth-order valence-corrected chi connectivity index (χ4v) is 6.40. The Labute approximate surface area is 258 Å². The Morgan fingerprint density at radius 3 is 2.14 bits per heavy atom. The van der Waals surface area contributed by atoms with E-state index in [2.05, 4.69) is 5.32 Å². The van der Waals surface area contributed by atoms with E-state index in [1.807, 2.05) is 60.7 Å². The highest BCUT2D eigenvalue weighted by atomic mass is 32.2. The third-order valence-corrected chi connectivity index (χ3v) is 9.28. The standard InChI is InChI=1S/C34H35N3O6S/c1-42-28-16-18-29(19-17-28)44(40,41)36(23-21-27-12-6-3-7-13-27)25-33(38)37-24-32(43-31-15-9-8-14-30(31)37)34(39)35-22-20-26-10-4-2-5-11-26/h2-19,32H,20-25H2,1H3,(H,35,39)/t32-/m1/s1. The predicted molar refractivity (Wildman–Crippen MR) is 168 cm³/mol. The number of benzene rings is 4. The number of hydrogen-bond acceptors (Lipinski definition) is 6. The maximum Gasteiger partial charge on any atom is 0.262 e. The topological polar surface area (TPSA) is 105 Å². The zero-order valence-corrected chi connectivity index (χ0v) is 25.3. The smallest absolute Gasteiger partial charge is 0.262 e. The molecule has 2 amide bonds. The van der Waals surface area contributed by atoms with Crippen molar-refractivity contribution in [1.29, 1.82) is 0 Å². The number of ether oxygens (including phenoxy) is 2. The van der Waals surface area contributed by atoms with Gasteiger partial charge in [-0.2, -0.15) is 4.31 Å². The van der Waals surface area contributed by atoms with E-state index < -0.39 is 28.6 Å². The van der Waals surface area contributed by atoms with Gasteiger partial charge in [0.2, 0.25) is 15.9 Å². The largest absolute Gasteiger partial charge is 0.497 e. The zero-order chi connectivity index (χ0) is 30.9. The van der Waals surface area contributed by atoms with Crippen LogP contribution in [0.5, 0.6) is 11.5 Å². The van der Waals surface area contributed by atoms with Crippen molar-refractivity contribution < 1.29 is 27.5 Å². The molecule has 10 heteroatoms. The fourth-order valence-electron chi connectivity index (χ4n) is 5.01. The van der Waals surface area contributed by atoms with E-state index in [0.717, 1.165) is 11.1 Å². The van der Waals surface area contributed by atoms with Gasteiger partial charge in [-0.15, -0.1) is 0 Å². The molecule has 228 valence electrons. The summed E-state index contributed by atoms with van der Waals surface area (Å²) in [4.78, 5) is 28.6. The van der Waals surface area contributed by atoms with Gasteiger partial charge >= 0.3 is 0 Å². The number of rotatable bonds is 12. The van der Waals surface area contributed by atoms with Crippen LogP contribution in [0, 0.1) is 0 Å². The van der Waals surface area contributed by atoms with Crippen molar-refractivity contribution in [3.8, 4) is 11.5 Å². The van der Waals surface area contributed by atoms with E-state index in [-0.39, 0.29) is 23.9 Å². The Morgan fingerprint density at radius 2 is 1.48 bits per heavy atom. The Hall–Kier alpha value is -4.67. The van der Waals surface area contributed by atoms with Crippen LogP contribution in [-0.4, -0.2) is 63.9 Å². The van der Waals surface area contributed by atoms with Crippen molar-refractivity contribution in [2.75, 3.05) is 38.2 Å². The maximum atomic E-state index is 13.9. The molecule has 44 heavy (non-hydrogen) atoms. The SMILES string of the molecule is COc1ccc(S(=O)(=O)N(CCc2ccccc2)CC(=O)N2C[C@H](C(=O)NCCc3ccccc3)Oc3ccccc32)cc1. The van der Waals surface area contributed by atoms with Gasteiger partial charge in [0, 0.05) is 13.1 Å². The van der Waals surface area contributed by atoms with E-state index in [9.17, 15) is 18.0 Å². The van der Waals surface area contributed by atoms with Crippen LogP contribution in [0.25, 0.3) is 0 Å². The summed E-state index contributed by atoms with van der Waals surface area (Å²) in [6.07, 6.45) is 0.105. The van der Waals surface area contributed by atoms with E-state index >= 15 is 0 Å². The minimum absolute atomic E-state index is 0.0530. The Balaban J connectivity index is 1.35. The lowest BCUT2D eigenvalue weighted by atomic mass is 10.1. The summed E-state index contributed by atoms with van der Waals surface area (Å²) < 4.78 is 40.1. The molecule has 4 aromatic carbocycles. The third-order valence-electron chi connectivity index (χ3n) is 7.42. The number of para-hydroxylation sites is 2. The molecule has 0 spiro atoms. The molecule has 1 atom stereocenters. The molecule has 0 unspecified atom stereocenters. The van der Waals surface area contributed by atoms with Crippen LogP contribution in [0.1, 0.15) is 11.1 Å². The number of nitrogens with one attached hydrogen (secondary N) is 1. The molecule has 0 bridgehead atoms. The molecule has 0 aliphatic carbocycles. The highest BCUT2D eigenvalue weighted by Gasteiger charge is 2.36. The zero-order valence-electron chi connectivity index (χ0n) is 24.5. The highest BCUT2D eigenvalue weighted by Crippen LogP contribution is 2.33. The van der Waals surface area contributed by atoms with Crippen LogP contribution < -0.4 is 19.7 Å². The number of methoxy groups -OCH3 is 1. The summed E-state index contributed by atoms with van der Waals surface area (Å²) in [6.45, 7) is 0.0190. The van der Waals surface area contributed by atoms with Crippen molar-refractivity contribution in [1.82, 2.24) is 9.62 Å². The first-order chi connectivity index (χ1) is 21.3.